The van der Waals surface area contributed by atoms with E-state index < -0.39 is 28.8 Å². The molecule has 1 amide bonds. The van der Waals surface area contributed by atoms with Crippen molar-refractivity contribution >= 4 is 28.6 Å². The third-order valence-corrected chi connectivity index (χ3v) is 7.13. The van der Waals surface area contributed by atoms with Gasteiger partial charge in [-0.15, -0.1) is 0 Å². The summed E-state index contributed by atoms with van der Waals surface area (Å²) in [5, 5.41) is 26.7. The van der Waals surface area contributed by atoms with Crippen molar-refractivity contribution < 1.29 is 23.1 Å². The zero-order valence-corrected chi connectivity index (χ0v) is 21.3. The minimum absolute atomic E-state index is 0.0175. The highest BCUT2D eigenvalue weighted by molar-refractivity contribution is 7.69. The fraction of sp³-hybridized carbons (Fsp3) is 0.320. The van der Waals surface area contributed by atoms with Gasteiger partial charge in [0.2, 0.25) is 10.9 Å². The van der Waals surface area contributed by atoms with E-state index in [0.29, 0.717) is 24.1 Å². The van der Waals surface area contributed by atoms with Crippen molar-refractivity contribution in [2.45, 2.75) is 44.8 Å². The summed E-state index contributed by atoms with van der Waals surface area (Å²) >= 11 is 0. The molecule has 198 valence electrons. The number of fused-ring (bicyclic) bond motifs is 1. The lowest BCUT2D eigenvalue weighted by Gasteiger charge is -2.23. The van der Waals surface area contributed by atoms with Crippen molar-refractivity contribution in [3.8, 4) is 6.07 Å². The molecule has 1 aliphatic heterocycles. The number of nitriles is 1. The Balaban J connectivity index is 1.54. The van der Waals surface area contributed by atoms with Crippen LogP contribution in [0.2, 0.25) is 0 Å². The maximum Gasteiger partial charge on any atom is 0.322 e. The number of anilines is 1. The van der Waals surface area contributed by atoms with Crippen molar-refractivity contribution in [1.82, 2.24) is 19.1 Å². The second kappa shape index (κ2) is 11.8. The van der Waals surface area contributed by atoms with Gasteiger partial charge in [-0.3, -0.25) is 14.3 Å². The summed E-state index contributed by atoms with van der Waals surface area (Å²) in [6.07, 6.45) is 3.60. The number of nitrogens with two attached hydrogens (primary N) is 1. The molecule has 0 radical (unpaired) electrons. The molecule has 1 aliphatic rings. The van der Waals surface area contributed by atoms with E-state index in [-0.39, 0.29) is 24.2 Å². The normalized spacial score (nSPS) is 13.5. The first-order chi connectivity index (χ1) is 18.2. The van der Waals surface area contributed by atoms with Crippen LogP contribution in [-0.4, -0.2) is 57.1 Å². The number of pyridine rings is 1. The van der Waals surface area contributed by atoms with Crippen LogP contribution in [0.15, 0.2) is 42.6 Å². The molecule has 4 rings (SSSR count). The van der Waals surface area contributed by atoms with Gasteiger partial charge in [0.1, 0.15) is 11.9 Å². The van der Waals surface area contributed by atoms with E-state index in [0.717, 1.165) is 40.8 Å². The molecule has 2 aromatic heterocycles. The predicted octanol–water partition coefficient (Wildman–Crippen LogP) is 0.874. The summed E-state index contributed by atoms with van der Waals surface area (Å²) in [5.41, 5.74) is 8.38. The van der Waals surface area contributed by atoms with Gasteiger partial charge in [0.15, 0.2) is 0 Å². The lowest BCUT2D eigenvalue weighted by Crippen LogP contribution is -2.41. The van der Waals surface area contributed by atoms with Crippen molar-refractivity contribution in [2.24, 2.45) is 5.73 Å². The lowest BCUT2D eigenvalue weighted by molar-refractivity contribution is -0.141. The Bertz CT molecular complexity index is 1470. The highest BCUT2D eigenvalue weighted by Gasteiger charge is 2.31. The largest absolute Gasteiger partial charge is 0.480 e. The highest BCUT2D eigenvalue weighted by atomic mass is 32.2. The maximum atomic E-state index is 12.2. The summed E-state index contributed by atoms with van der Waals surface area (Å²) in [7, 11) is -3.32. The number of hydrogen-bond donors (Lipinski definition) is 4. The van der Waals surface area contributed by atoms with Crippen molar-refractivity contribution in [2.75, 3.05) is 11.9 Å². The fourth-order valence-corrected chi connectivity index (χ4v) is 5.07. The summed E-state index contributed by atoms with van der Waals surface area (Å²) in [6, 6.07) is 10.6. The molecule has 0 saturated heterocycles. The van der Waals surface area contributed by atoms with Gasteiger partial charge in [-0.2, -0.15) is 14.7 Å². The second-order valence-electron chi connectivity index (χ2n) is 8.91. The molecule has 3 heterocycles. The van der Waals surface area contributed by atoms with Crippen LogP contribution in [0, 0.1) is 11.3 Å². The minimum atomic E-state index is -3.32. The molecule has 0 fully saturated rings. The number of carbonyl (C=O) groups excluding carboxylic acids is 1. The van der Waals surface area contributed by atoms with Gasteiger partial charge in [-0.1, -0.05) is 18.2 Å². The number of rotatable bonds is 11. The van der Waals surface area contributed by atoms with E-state index in [1.165, 1.54) is 16.9 Å². The van der Waals surface area contributed by atoms with Crippen LogP contribution in [0.25, 0.3) is 0 Å². The van der Waals surface area contributed by atoms with Crippen LogP contribution in [0.4, 0.5) is 5.82 Å². The van der Waals surface area contributed by atoms with Gasteiger partial charge in [0.05, 0.1) is 22.9 Å². The SMILES string of the molecule is N#Cc1cccc(CN([C@@H](Cc2nn(CCc3ccc4c(n3)NCCC4)cc2C(N)=O)C(=O)O)[SH](=O)=O)c1. The monoisotopic (exact) mass is 537 g/mol. The van der Waals surface area contributed by atoms with Crippen molar-refractivity contribution in [3.63, 3.8) is 0 Å². The first-order valence-corrected chi connectivity index (χ1v) is 13.1. The molecule has 0 unspecified atom stereocenters. The summed E-state index contributed by atoms with van der Waals surface area (Å²) in [6.45, 7) is 0.953. The van der Waals surface area contributed by atoms with Crippen LogP contribution < -0.4 is 11.1 Å². The van der Waals surface area contributed by atoms with Crippen LogP contribution >= 0.6 is 0 Å². The molecule has 4 N–H and O–H groups in total. The molecule has 12 nitrogen and oxygen atoms in total. The number of nitrogens with zero attached hydrogens (tertiary/aromatic N) is 5. The molecule has 1 aromatic carbocycles. The quantitative estimate of drug-likeness (QED) is 0.258. The molecule has 13 heteroatoms. The lowest BCUT2D eigenvalue weighted by atomic mass is 10.1. The van der Waals surface area contributed by atoms with Gasteiger partial charge in [-0.25, -0.2) is 13.4 Å². The summed E-state index contributed by atoms with van der Waals surface area (Å²) in [5.74, 6) is -1.34. The van der Waals surface area contributed by atoms with E-state index >= 15 is 0 Å². The number of thiol groups is 1. The third-order valence-electron chi connectivity index (χ3n) is 6.29. The minimum Gasteiger partial charge on any atom is -0.480 e. The van der Waals surface area contributed by atoms with Gasteiger partial charge in [0, 0.05) is 44.4 Å². The van der Waals surface area contributed by atoms with Crippen LogP contribution in [-0.2, 0) is 48.0 Å². The highest BCUT2D eigenvalue weighted by Crippen LogP contribution is 2.21. The predicted molar refractivity (Wildman–Crippen MR) is 138 cm³/mol. The number of carbonyl (C=O) groups is 2. The maximum absolute atomic E-state index is 12.2. The molecule has 1 atom stereocenters. The Morgan fingerprint density at radius 2 is 2.11 bits per heavy atom. The number of nitrogens with one attached hydrogen (secondary N) is 1. The van der Waals surface area contributed by atoms with E-state index in [4.69, 9.17) is 11.0 Å². The Kier molecular flexibility index (Phi) is 8.35. The standard InChI is InChI=1S/C25H27N7O5S/c26-13-16-3-1-4-17(11-16)14-32(38(36)37)22(25(34)35)12-21-20(23(27)33)15-31(30-21)10-8-19-7-6-18-5-2-9-28-24(18)29-19/h1,3-4,6-7,11,15,22,38H,2,5,8-10,12,14H2,(H2,27,33)(H,28,29)(H,34,35)/t22-/m0/s1. The molecule has 3 aromatic rings. The number of aliphatic carboxylic acids is 1. The third kappa shape index (κ3) is 6.34. The number of benzene rings is 1. The number of carboxylic acid groups (broad SMARTS) is 1. The number of aromatic nitrogens is 3. The Morgan fingerprint density at radius 3 is 2.82 bits per heavy atom. The van der Waals surface area contributed by atoms with Gasteiger partial charge < -0.3 is 16.2 Å². The average Bonchev–Trinajstić information content (AvgIpc) is 3.32. The molecule has 0 bridgehead atoms. The van der Waals surface area contributed by atoms with Crippen molar-refractivity contribution in [3.05, 3.63) is 76.2 Å². The van der Waals surface area contributed by atoms with Crippen LogP contribution in [0.3, 0.4) is 0 Å². The fourth-order valence-electron chi connectivity index (χ4n) is 4.38. The molecular formula is C25H27N7O5S. The summed E-state index contributed by atoms with van der Waals surface area (Å²) in [4.78, 5) is 28.9. The van der Waals surface area contributed by atoms with E-state index in [2.05, 4.69) is 15.4 Å². The first-order valence-electron chi connectivity index (χ1n) is 12.0. The first kappa shape index (κ1) is 26.8. The Morgan fingerprint density at radius 1 is 1.29 bits per heavy atom. The van der Waals surface area contributed by atoms with Crippen LogP contribution in [0.5, 0.6) is 0 Å². The zero-order chi connectivity index (χ0) is 27.2. The number of carboxylic acids is 1. The van der Waals surface area contributed by atoms with Gasteiger partial charge in [0.25, 0.3) is 5.91 Å². The average molecular weight is 538 g/mol. The van der Waals surface area contributed by atoms with E-state index in [1.54, 1.807) is 18.2 Å². The number of amides is 1. The van der Waals surface area contributed by atoms with Crippen molar-refractivity contribution in [1.29, 1.82) is 5.26 Å². The molecule has 0 aliphatic carbocycles. The zero-order valence-electron chi connectivity index (χ0n) is 20.4. The van der Waals surface area contributed by atoms with Crippen LogP contribution in [0.1, 0.15) is 44.9 Å². The number of primary amides is 1. The molecule has 0 saturated carbocycles. The van der Waals surface area contributed by atoms with E-state index in [1.807, 2.05) is 18.2 Å². The van der Waals surface area contributed by atoms with E-state index in [9.17, 15) is 23.1 Å². The number of hydrogen-bond acceptors (Lipinski definition) is 8. The second-order valence-corrected chi connectivity index (χ2v) is 9.90. The molecular weight excluding hydrogens is 510 g/mol. The van der Waals surface area contributed by atoms with Gasteiger partial charge >= 0.3 is 5.97 Å². The smallest absolute Gasteiger partial charge is 0.322 e. The molecule has 0 spiro atoms. The Labute approximate surface area is 220 Å². The van der Waals surface area contributed by atoms with Gasteiger partial charge in [-0.05, 0) is 42.2 Å². The topological polar surface area (TPSA) is 184 Å². The summed E-state index contributed by atoms with van der Waals surface area (Å²) < 4.78 is 26.4. The molecule has 38 heavy (non-hydrogen) atoms. The Hall–Kier alpha value is -4.28. The number of aryl methyl sites for hydroxylation is 3.